The highest BCUT2D eigenvalue weighted by atomic mass is 35.7. The van der Waals surface area contributed by atoms with E-state index >= 15 is 0 Å². The third-order valence-electron chi connectivity index (χ3n) is 2.04. The summed E-state index contributed by atoms with van der Waals surface area (Å²) in [6.07, 6.45) is -0.311. The van der Waals surface area contributed by atoms with Crippen molar-refractivity contribution in [2.75, 3.05) is 6.61 Å². The third kappa shape index (κ3) is 4.42. The average Bonchev–Trinajstić information content (AvgIpc) is 2.27. The first-order chi connectivity index (χ1) is 8.71. The zero-order valence-corrected chi connectivity index (χ0v) is 10.9. The van der Waals surface area contributed by atoms with E-state index in [2.05, 4.69) is 0 Å². The lowest BCUT2D eigenvalue weighted by Crippen LogP contribution is -2.09. The second kappa shape index (κ2) is 5.89. The van der Waals surface area contributed by atoms with Gasteiger partial charge in [-0.2, -0.15) is 0 Å². The molecule has 0 amide bonds. The van der Waals surface area contributed by atoms with Gasteiger partial charge in [-0.15, -0.1) is 0 Å². The predicted molar refractivity (Wildman–Crippen MR) is 64.2 cm³/mol. The SMILES string of the molecule is O=C(O)CCOc1ccc(S(=O)(=O)Cl)cc1C(=O)O. The molecule has 0 atom stereocenters. The maximum Gasteiger partial charge on any atom is 0.339 e. The molecular formula is C10H9ClO7S. The van der Waals surface area contributed by atoms with Gasteiger partial charge in [0.25, 0.3) is 9.05 Å². The van der Waals surface area contributed by atoms with Crippen LogP contribution in [0.1, 0.15) is 16.8 Å². The quantitative estimate of drug-likeness (QED) is 0.757. The molecule has 0 saturated heterocycles. The molecule has 19 heavy (non-hydrogen) atoms. The van der Waals surface area contributed by atoms with E-state index in [9.17, 15) is 18.0 Å². The number of rotatable bonds is 6. The van der Waals surface area contributed by atoms with Crippen molar-refractivity contribution in [2.24, 2.45) is 0 Å². The van der Waals surface area contributed by atoms with Crippen LogP contribution in [0.5, 0.6) is 5.75 Å². The molecule has 9 heteroatoms. The molecule has 104 valence electrons. The number of hydrogen-bond acceptors (Lipinski definition) is 5. The molecule has 1 rings (SSSR count). The fourth-order valence-corrected chi connectivity index (χ4v) is 1.98. The predicted octanol–water partition coefficient (Wildman–Crippen LogP) is 1.17. The molecule has 0 aliphatic carbocycles. The Morgan fingerprint density at radius 3 is 2.37 bits per heavy atom. The van der Waals surface area contributed by atoms with Crippen LogP contribution < -0.4 is 4.74 Å². The maximum atomic E-state index is 11.1. The minimum atomic E-state index is -4.05. The van der Waals surface area contributed by atoms with Gasteiger partial charge in [0.1, 0.15) is 11.3 Å². The zero-order valence-electron chi connectivity index (χ0n) is 9.37. The molecule has 0 heterocycles. The molecule has 1 aromatic rings. The van der Waals surface area contributed by atoms with Gasteiger partial charge < -0.3 is 14.9 Å². The molecule has 0 aliphatic heterocycles. The van der Waals surface area contributed by atoms with Crippen molar-refractivity contribution in [1.29, 1.82) is 0 Å². The van der Waals surface area contributed by atoms with Gasteiger partial charge in [0, 0.05) is 10.7 Å². The fourth-order valence-electron chi connectivity index (χ4n) is 1.20. The summed E-state index contributed by atoms with van der Waals surface area (Å²) in [5.41, 5.74) is -0.410. The molecule has 0 saturated carbocycles. The van der Waals surface area contributed by atoms with Crippen LogP contribution in [0, 0.1) is 0 Å². The van der Waals surface area contributed by atoms with Gasteiger partial charge >= 0.3 is 11.9 Å². The van der Waals surface area contributed by atoms with Crippen molar-refractivity contribution in [1.82, 2.24) is 0 Å². The van der Waals surface area contributed by atoms with Crippen LogP contribution in [-0.4, -0.2) is 37.2 Å². The molecule has 0 aliphatic rings. The Labute approximate surface area is 112 Å². The van der Waals surface area contributed by atoms with E-state index in [1.54, 1.807) is 0 Å². The van der Waals surface area contributed by atoms with Gasteiger partial charge in [0.15, 0.2) is 0 Å². The summed E-state index contributed by atoms with van der Waals surface area (Å²) < 4.78 is 27.1. The normalized spacial score (nSPS) is 11.0. The summed E-state index contributed by atoms with van der Waals surface area (Å²) in [6, 6.07) is 3.03. The molecule has 0 spiro atoms. The summed E-state index contributed by atoms with van der Waals surface area (Å²) >= 11 is 0. The van der Waals surface area contributed by atoms with Crippen LogP contribution in [-0.2, 0) is 13.8 Å². The summed E-state index contributed by atoms with van der Waals surface area (Å²) in [5, 5.41) is 17.4. The van der Waals surface area contributed by atoms with Gasteiger partial charge in [0.2, 0.25) is 0 Å². The smallest absolute Gasteiger partial charge is 0.339 e. The molecule has 7 nitrogen and oxygen atoms in total. The van der Waals surface area contributed by atoms with Crippen molar-refractivity contribution in [2.45, 2.75) is 11.3 Å². The Morgan fingerprint density at radius 2 is 1.89 bits per heavy atom. The molecule has 0 radical (unpaired) electrons. The zero-order chi connectivity index (χ0) is 14.6. The van der Waals surface area contributed by atoms with Gasteiger partial charge in [-0.1, -0.05) is 0 Å². The number of halogens is 1. The molecule has 0 fully saturated rings. The molecular weight excluding hydrogens is 300 g/mol. The average molecular weight is 309 g/mol. The highest BCUT2D eigenvalue weighted by Gasteiger charge is 2.18. The van der Waals surface area contributed by atoms with Crippen LogP contribution in [0.2, 0.25) is 0 Å². The third-order valence-corrected chi connectivity index (χ3v) is 3.39. The number of aliphatic carboxylic acids is 1. The van der Waals surface area contributed by atoms with E-state index in [1.165, 1.54) is 0 Å². The lowest BCUT2D eigenvalue weighted by Gasteiger charge is -2.08. The number of hydrogen-bond donors (Lipinski definition) is 2. The Bertz CT molecular complexity index is 608. The van der Waals surface area contributed by atoms with E-state index in [1.807, 2.05) is 0 Å². The number of carboxylic acids is 2. The fraction of sp³-hybridized carbons (Fsp3) is 0.200. The van der Waals surface area contributed by atoms with Gasteiger partial charge in [0.05, 0.1) is 17.9 Å². The Kier molecular flexibility index (Phi) is 4.73. The maximum absolute atomic E-state index is 11.1. The van der Waals surface area contributed by atoms with E-state index in [0.717, 1.165) is 18.2 Å². The van der Waals surface area contributed by atoms with E-state index in [4.69, 9.17) is 25.6 Å². The van der Waals surface area contributed by atoms with Crippen LogP contribution in [0.3, 0.4) is 0 Å². The highest BCUT2D eigenvalue weighted by Crippen LogP contribution is 2.24. The van der Waals surface area contributed by atoms with Gasteiger partial charge in [-0.05, 0) is 18.2 Å². The Balaban J connectivity index is 3.06. The first kappa shape index (κ1) is 15.3. The van der Waals surface area contributed by atoms with Crippen molar-refractivity contribution in [3.05, 3.63) is 23.8 Å². The molecule has 0 aromatic heterocycles. The number of carboxylic acid groups (broad SMARTS) is 2. The standard InChI is InChI=1S/C10H9ClO7S/c11-19(16,17)6-1-2-8(7(5-6)10(14)15)18-4-3-9(12)13/h1-2,5H,3-4H2,(H,12,13)(H,14,15). The first-order valence-electron chi connectivity index (χ1n) is 4.88. The minimum Gasteiger partial charge on any atom is -0.492 e. The molecule has 1 aromatic carbocycles. The Morgan fingerprint density at radius 1 is 1.26 bits per heavy atom. The summed E-state index contributed by atoms with van der Waals surface area (Å²) in [4.78, 5) is 20.9. The van der Waals surface area contributed by atoms with Crippen LogP contribution in [0.25, 0.3) is 0 Å². The molecule has 0 unspecified atom stereocenters. The number of ether oxygens (including phenoxy) is 1. The number of benzene rings is 1. The first-order valence-corrected chi connectivity index (χ1v) is 7.19. The monoisotopic (exact) mass is 308 g/mol. The van der Waals surface area contributed by atoms with Crippen molar-refractivity contribution in [3.8, 4) is 5.75 Å². The summed E-state index contributed by atoms with van der Waals surface area (Å²) in [7, 11) is 1.04. The number of aromatic carboxylic acids is 1. The lowest BCUT2D eigenvalue weighted by molar-refractivity contribution is -0.137. The van der Waals surface area contributed by atoms with Crippen LogP contribution >= 0.6 is 10.7 Å². The van der Waals surface area contributed by atoms with E-state index in [0.29, 0.717) is 0 Å². The summed E-state index contributed by atoms with van der Waals surface area (Å²) in [6.45, 7) is -0.234. The minimum absolute atomic E-state index is 0.127. The largest absolute Gasteiger partial charge is 0.492 e. The van der Waals surface area contributed by atoms with Gasteiger partial charge in [-0.25, -0.2) is 13.2 Å². The summed E-state index contributed by atoms with van der Waals surface area (Å²) in [5.74, 6) is -2.64. The van der Waals surface area contributed by atoms with Crippen molar-refractivity contribution in [3.63, 3.8) is 0 Å². The second-order valence-corrected chi connectivity index (χ2v) is 5.96. The van der Waals surface area contributed by atoms with Crippen molar-refractivity contribution < 1.29 is 33.0 Å². The van der Waals surface area contributed by atoms with Crippen molar-refractivity contribution >= 4 is 31.7 Å². The van der Waals surface area contributed by atoms with E-state index in [-0.39, 0.29) is 23.7 Å². The number of carbonyl (C=O) groups is 2. The lowest BCUT2D eigenvalue weighted by atomic mass is 10.2. The molecule has 0 bridgehead atoms. The Hall–Kier alpha value is -1.80. The van der Waals surface area contributed by atoms with Gasteiger partial charge in [-0.3, -0.25) is 4.79 Å². The van der Waals surface area contributed by atoms with Crippen LogP contribution in [0.15, 0.2) is 23.1 Å². The molecule has 2 N–H and O–H groups in total. The second-order valence-electron chi connectivity index (χ2n) is 3.39. The van der Waals surface area contributed by atoms with E-state index < -0.39 is 26.6 Å². The highest BCUT2D eigenvalue weighted by molar-refractivity contribution is 8.13. The topological polar surface area (TPSA) is 118 Å². The van der Waals surface area contributed by atoms with Crippen LogP contribution in [0.4, 0.5) is 0 Å².